The van der Waals surface area contributed by atoms with Gasteiger partial charge in [0.05, 0.1) is 32.0 Å². The van der Waals surface area contributed by atoms with Gasteiger partial charge in [0, 0.05) is 6.42 Å². The fraction of sp³-hybridized carbons (Fsp3) is 0.814. The first-order chi connectivity index (χ1) is 35.6. The van der Waals surface area contributed by atoms with E-state index in [4.69, 9.17) is 18.9 Å². The van der Waals surface area contributed by atoms with Crippen LogP contribution in [0.25, 0.3) is 0 Å². The summed E-state index contributed by atoms with van der Waals surface area (Å²) in [5, 5.41) is 86.9. The quantitative estimate of drug-likeness (QED) is 0.0205. The molecule has 424 valence electrons. The van der Waals surface area contributed by atoms with E-state index in [2.05, 4.69) is 67.8 Å². The smallest absolute Gasteiger partial charge is 0.220 e. The van der Waals surface area contributed by atoms with Crippen LogP contribution >= 0.6 is 0 Å². The number of ether oxygens (including phenoxy) is 4. The Kier molecular flexibility index (Phi) is 41.0. The van der Waals surface area contributed by atoms with Crippen molar-refractivity contribution in [2.45, 2.75) is 286 Å². The predicted molar refractivity (Wildman–Crippen MR) is 290 cm³/mol. The summed E-state index contributed by atoms with van der Waals surface area (Å²) in [6, 6.07) is -0.939. The van der Waals surface area contributed by atoms with Gasteiger partial charge >= 0.3 is 0 Å². The van der Waals surface area contributed by atoms with Gasteiger partial charge in [0.25, 0.3) is 0 Å². The number of aliphatic hydroxyl groups is 8. The van der Waals surface area contributed by atoms with Gasteiger partial charge in [0.1, 0.15) is 48.8 Å². The van der Waals surface area contributed by atoms with E-state index in [0.29, 0.717) is 12.8 Å². The molecular weight excluding hydrogens is 931 g/mol. The third-order valence-electron chi connectivity index (χ3n) is 13.9. The van der Waals surface area contributed by atoms with Gasteiger partial charge in [-0.15, -0.1) is 0 Å². The molecule has 0 spiro atoms. The lowest BCUT2D eigenvalue weighted by Crippen LogP contribution is -2.65. The molecule has 0 radical (unpaired) electrons. The van der Waals surface area contributed by atoms with Crippen LogP contribution in [0, 0.1) is 0 Å². The standard InChI is InChI=1S/C59H105NO13/c1-3-5-7-9-11-13-15-17-19-20-21-22-23-24-25-26-27-28-29-31-33-35-37-39-41-43-51(64)60-47(48(63)42-40-38-36-34-32-30-18-16-14-12-10-8-6-4-2)46-70-58-56(69)54(67)57(50(45-62)72-58)73-59-55(68)53(66)52(65)49(44-61)71-59/h14-17,20-21,32,34,40,42,47-50,52-59,61-63,65-69H,3-13,18-19,22-31,33,35-39,41,43-46H2,1-2H3,(H,60,64)/b16-14+,17-15-,21-20-,34-32+,42-40+. The Morgan fingerprint density at radius 3 is 1.44 bits per heavy atom. The minimum Gasteiger partial charge on any atom is -0.394 e. The lowest BCUT2D eigenvalue weighted by atomic mass is 9.97. The number of allylic oxidation sites excluding steroid dienone is 9. The lowest BCUT2D eigenvalue weighted by Gasteiger charge is -2.46. The molecule has 9 N–H and O–H groups in total. The van der Waals surface area contributed by atoms with Crippen LogP contribution in [-0.2, 0) is 23.7 Å². The average molecular weight is 1040 g/mol. The summed E-state index contributed by atoms with van der Waals surface area (Å²) in [7, 11) is 0. The first-order valence-electron chi connectivity index (χ1n) is 29.0. The zero-order valence-electron chi connectivity index (χ0n) is 45.4. The molecule has 14 heteroatoms. The van der Waals surface area contributed by atoms with E-state index in [1.807, 2.05) is 6.08 Å². The van der Waals surface area contributed by atoms with Crippen LogP contribution < -0.4 is 5.32 Å². The molecule has 2 aliphatic rings. The average Bonchev–Trinajstić information content (AvgIpc) is 3.39. The zero-order chi connectivity index (χ0) is 53.2. The van der Waals surface area contributed by atoms with Crippen molar-refractivity contribution in [3.05, 3.63) is 60.8 Å². The van der Waals surface area contributed by atoms with Crippen LogP contribution in [0.3, 0.4) is 0 Å². The van der Waals surface area contributed by atoms with Crippen molar-refractivity contribution in [3.63, 3.8) is 0 Å². The van der Waals surface area contributed by atoms with Gasteiger partial charge in [-0.1, -0.05) is 190 Å². The summed E-state index contributed by atoms with van der Waals surface area (Å²) in [6.45, 7) is 2.73. The number of hydrogen-bond acceptors (Lipinski definition) is 13. The number of carbonyl (C=O) groups is 1. The Balaban J connectivity index is 1.75. The summed E-state index contributed by atoms with van der Waals surface area (Å²) < 4.78 is 22.7. The molecule has 0 saturated carbocycles. The van der Waals surface area contributed by atoms with Gasteiger partial charge in [0.2, 0.25) is 5.91 Å². The van der Waals surface area contributed by atoms with E-state index in [0.717, 1.165) is 51.4 Å². The Morgan fingerprint density at radius 2 is 0.918 bits per heavy atom. The number of hydrogen-bond donors (Lipinski definition) is 9. The number of unbranched alkanes of at least 4 members (excludes halogenated alkanes) is 24. The first kappa shape index (κ1) is 66.8. The number of nitrogens with one attached hydrogen (secondary N) is 1. The Bertz CT molecular complexity index is 1450. The van der Waals surface area contributed by atoms with Crippen LogP contribution in [0.5, 0.6) is 0 Å². The molecule has 2 heterocycles. The SMILES string of the molecule is CCCCCC/C=C/CC/C=C/CC/C=C/C(O)C(COC1OC(CO)C(OC2OC(CO)C(O)C(O)C2O)C(O)C1O)NC(=O)CCCCCCCCCCCCCCC/C=C\C/C=C\CCCCCCC. The fourth-order valence-electron chi connectivity index (χ4n) is 9.18. The molecule has 0 bridgehead atoms. The lowest BCUT2D eigenvalue weighted by molar-refractivity contribution is -0.359. The maximum atomic E-state index is 13.2. The highest BCUT2D eigenvalue weighted by atomic mass is 16.7. The summed E-state index contributed by atoms with van der Waals surface area (Å²) in [5.74, 6) is -0.256. The molecule has 2 rings (SSSR count). The highest BCUT2D eigenvalue weighted by molar-refractivity contribution is 5.76. The fourth-order valence-corrected chi connectivity index (χ4v) is 9.18. The second-order valence-electron chi connectivity index (χ2n) is 20.4. The molecule has 14 nitrogen and oxygen atoms in total. The normalized spacial score (nSPS) is 25.8. The van der Waals surface area contributed by atoms with Crippen LogP contribution in [0.15, 0.2) is 60.8 Å². The number of aliphatic hydroxyl groups excluding tert-OH is 8. The minimum absolute atomic E-state index is 0.256. The van der Waals surface area contributed by atoms with Crippen molar-refractivity contribution < 1.29 is 64.6 Å². The molecule has 73 heavy (non-hydrogen) atoms. The molecule has 1 amide bonds. The van der Waals surface area contributed by atoms with Gasteiger partial charge in [-0.3, -0.25) is 4.79 Å². The van der Waals surface area contributed by atoms with Crippen molar-refractivity contribution in [1.82, 2.24) is 5.32 Å². The third kappa shape index (κ3) is 30.9. The third-order valence-corrected chi connectivity index (χ3v) is 13.9. The van der Waals surface area contributed by atoms with Crippen molar-refractivity contribution >= 4 is 5.91 Å². The van der Waals surface area contributed by atoms with Gasteiger partial charge in [-0.05, 0) is 77.0 Å². The maximum absolute atomic E-state index is 13.2. The molecule has 2 aliphatic heterocycles. The molecule has 2 saturated heterocycles. The van der Waals surface area contributed by atoms with Gasteiger partial charge in [0.15, 0.2) is 12.6 Å². The summed E-state index contributed by atoms with van der Waals surface area (Å²) in [4.78, 5) is 13.2. The Labute approximate surface area is 441 Å². The molecule has 12 unspecified atom stereocenters. The Morgan fingerprint density at radius 1 is 0.493 bits per heavy atom. The monoisotopic (exact) mass is 1040 g/mol. The second kappa shape index (κ2) is 44.8. The van der Waals surface area contributed by atoms with Crippen molar-refractivity contribution in [2.75, 3.05) is 19.8 Å². The minimum atomic E-state index is -1.79. The molecule has 2 fully saturated rings. The van der Waals surface area contributed by atoms with E-state index in [-0.39, 0.29) is 18.9 Å². The van der Waals surface area contributed by atoms with Crippen molar-refractivity contribution in [1.29, 1.82) is 0 Å². The number of carbonyl (C=O) groups excluding carboxylic acids is 1. The van der Waals surface area contributed by atoms with Gasteiger partial charge in [-0.25, -0.2) is 0 Å². The molecular formula is C59H105NO13. The van der Waals surface area contributed by atoms with Crippen LogP contribution in [0.1, 0.15) is 213 Å². The van der Waals surface area contributed by atoms with Crippen molar-refractivity contribution in [3.8, 4) is 0 Å². The Hall–Kier alpha value is -2.31. The highest BCUT2D eigenvalue weighted by Crippen LogP contribution is 2.30. The molecule has 0 aromatic heterocycles. The highest BCUT2D eigenvalue weighted by Gasteiger charge is 2.51. The molecule has 0 aromatic rings. The predicted octanol–water partition coefficient (Wildman–Crippen LogP) is 9.39. The van der Waals surface area contributed by atoms with E-state index < -0.39 is 86.8 Å². The molecule has 12 atom stereocenters. The molecule has 0 aliphatic carbocycles. The maximum Gasteiger partial charge on any atom is 0.220 e. The van der Waals surface area contributed by atoms with Gasteiger partial charge in [-0.2, -0.15) is 0 Å². The number of rotatable bonds is 45. The summed E-state index contributed by atoms with van der Waals surface area (Å²) >= 11 is 0. The summed E-state index contributed by atoms with van der Waals surface area (Å²) in [6.07, 6.45) is 39.8. The first-order valence-corrected chi connectivity index (χ1v) is 29.0. The topological polar surface area (TPSA) is 228 Å². The number of amides is 1. The summed E-state index contributed by atoms with van der Waals surface area (Å²) in [5.41, 5.74) is 0. The largest absolute Gasteiger partial charge is 0.394 e. The van der Waals surface area contributed by atoms with Gasteiger partial charge < -0.3 is 65.1 Å². The van der Waals surface area contributed by atoms with E-state index in [9.17, 15) is 45.6 Å². The van der Waals surface area contributed by atoms with Crippen LogP contribution in [0.4, 0.5) is 0 Å². The van der Waals surface area contributed by atoms with E-state index >= 15 is 0 Å². The van der Waals surface area contributed by atoms with Crippen LogP contribution in [0.2, 0.25) is 0 Å². The van der Waals surface area contributed by atoms with E-state index in [1.165, 1.54) is 128 Å². The van der Waals surface area contributed by atoms with Crippen LogP contribution in [-0.4, -0.2) is 140 Å². The second-order valence-corrected chi connectivity index (χ2v) is 20.4. The molecule has 0 aromatic carbocycles. The van der Waals surface area contributed by atoms with Crippen molar-refractivity contribution in [2.24, 2.45) is 0 Å². The van der Waals surface area contributed by atoms with E-state index in [1.54, 1.807) is 6.08 Å². The zero-order valence-corrected chi connectivity index (χ0v) is 45.4.